The summed E-state index contributed by atoms with van der Waals surface area (Å²) in [5.74, 6) is 0.172. The first-order chi connectivity index (χ1) is 10.1. The number of rotatable bonds is 5. The van der Waals surface area contributed by atoms with Gasteiger partial charge in [-0.15, -0.1) is 0 Å². The van der Waals surface area contributed by atoms with Gasteiger partial charge in [-0.05, 0) is 61.8 Å². The molecule has 1 saturated heterocycles. The van der Waals surface area contributed by atoms with Gasteiger partial charge in [-0.1, -0.05) is 12.1 Å². The summed E-state index contributed by atoms with van der Waals surface area (Å²) >= 11 is 0. The van der Waals surface area contributed by atoms with Gasteiger partial charge in [-0.3, -0.25) is 0 Å². The third-order valence-electron chi connectivity index (χ3n) is 4.29. The normalized spacial score (nSPS) is 20.3. The molecule has 3 N–H and O–H groups in total. The third-order valence-corrected chi connectivity index (χ3v) is 4.29. The van der Waals surface area contributed by atoms with E-state index in [-0.39, 0.29) is 17.7 Å². The lowest BCUT2D eigenvalue weighted by Crippen LogP contribution is -2.41. The van der Waals surface area contributed by atoms with E-state index in [1.807, 2.05) is 6.07 Å². The van der Waals surface area contributed by atoms with Crippen LogP contribution in [-0.2, 0) is 0 Å². The van der Waals surface area contributed by atoms with Gasteiger partial charge in [0.15, 0.2) is 0 Å². The molecule has 0 bridgehead atoms. The molecule has 2 rings (SSSR count). The minimum Gasteiger partial charge on any atom is -0.465 e. The molecular formula is C16H23FN2O2. The van der Waals surface area contributed by atoms with Crippen LogP contribution in [0.15, 0.2) is 24.3 Å². The number of likely N-dealkylation sites (tertiary alicyclic amines) is 1. The third kappa shape index (κ3) is 4.17. The Morgan fingerprint density at radius 1 is 1.52 bits per heavy atom. The van der Waals surface area contributed by atoms with Crippen LogP contribution in [0, 0.1) is 11.7 Å². The van der Waals surface area contributed by atoms with Gasteiger partial charge in [-0.25, -0.2) is 9.18 Å². The van der Waals surface area contributed by atoms with Crippen molar-refractivity contribution in [2.45, 2.75) is 31.6 Å². The molecule has 4 nitrogen and oxygen atoms in total. The predicted molar refractivity (Wildman–Crippen MR) is 79.8 cm³/mol. The van der Waals surface area contributed by atoms with Crippen LogP contribution in [0.4, 0.5) is 9.18 Å². The maximum atomic E-state index is 13.5. The zero-order valence-corrected chi connectivity index (χ0v) is 12.2. The number of nitrogens with two attached hydrogens (primary N) is 1. The molecule has 1 fully saturated rings. The largest absolute Gasteiger partial charge is 0.465 e. The van der Waals surface area contributed by atoms with Crippen molar-refractivity contribution in [3.05, 3.63) is 35.6 Å². The first-order valence-corrected chi connectivity index (χ1v) is 7.55. The molecule has 0 saturated carbocycles. The fourth-order valence-corrected chi connectivity index (χ4v) is 3.26. The van der Waals surface area contributed by atoms with Crippen LogP contribution >= 0.6 is 0 Å². The van der Waals surface area contributed by atoms with E-state index in [1.54, 1.807) is 12.1 Å². The number of nitrogens with zero attached hydrogens (tertiary/aromatic N) is 1. The van der Waals surface area contributed by atoms with Crippen LogP contribution in [0.5, 0.6) is 0 Å². The SMILES string of the molecule is NCCCC(c1cccc(F)c1)C1CCCN(C(=O)O)C1. The molecule has 2 unspecified atom stereocenters. The average Bonchev–Trinajstić information content (AvgIpc) is 2.48. The van der Waals surface area contributed by atoms with Gasteiger partial charge in [0.25, 0.3) is 0 Å². The number of halogens is 1. The summed E-state index contributed by atoms with van der Waals surface area (Å²) in [5, 5.41) is 9.17. The molecule has 1 aliphatic heterocycles. The molecule has 1 aromatic rings. The van der Waals surface area contributed by atoms with E-state index in [9.17, 15) is 14.3 Å². The number of piperidine rings is 1. The van der Waals surface area contributed by atoms with Crippen LogP contribution < -0.4 is 5.73 Å². The van der Waals surface area contributed by atoms with E-state index in [1.165, 1.54) is 11.0 Å². The molecule has 21 heavy (non-hydrogen) atoms. The smallest absolute Gasteiger partial charge is 0.407 e. The molecule has 1 heterocycles. The van der Waals surface area contributed by atoms with E-state index in [0.717, 1.165) is 31.2 Å². The lowest BCUT2D eigenvalue weighted by atomic mass is 9.78. The first-order valence-electron chi connectivity index (χ1n) is 7.55. The first kappa shape index (κ1) is 15.8. The van der Waals surface area contributed by atoms with Crippen LogP contribution in [0.2, 0.25) is 0 Å². The molecule has 1 aliphatic rings. The molecular weight excluding hydrogens is 271 g/mol. The molecule has 0 aromatic heterocycles. The number of benzene rings is 1. The Kier molecular flexibility index (Phi) is 5.56. The van der Waals surface area contributed by atoms with E-state index in [4.69, 9.17) is 5.73 Å². The van der Waals surface area contributed by atoms with Gasteiger partial charge < -0.3 is 15.7 Å². The number of carboxylic acid groups (broad SMARTS) is 1. The van der Waals surface area contributed by atoms with Crippen molar-refractivity contribution in [1.29, 1.82) is 0 Å². The Labute approximate surface area is 124 Å². The highest BCUT2D eigenvalue weighted by Gasteiger charge is 2.30. The van der Waals surface area contributed by atoms with Crippen molar-refractivity contribution in [3.63, 3.8) is 0 Å². The average molecular weight is 294 g/mol. The molecule has 2 atom stereocenters. The highest BCUT2D eigenvalue weighted by molar-refractivity contribution is 5.65. The fraction of sp³-hybridized carbons (Fsp3) is 0.562. The van der Waals surface area contributed by atoms with Gasteiger partial charge in [0, 0.05) is 13.1 Å². The summed E-state index contributed by atoms with van der Waals surface area (Å²) in [6.07, 6.45) is 2.72. The summed E-state index contributed by atoms with van der Waals surface area (Å²) in [6, 6.07) is 6.66. The summed E-state index contributed by atoms with van der Waals surface area (Å²) in [6.45, 7) is 1.72. The molecule has 0 spiro atoms. The van der Waals surface area contributed by atoms with Crippen LogP contribution in [0.3, 0.4) is 0 Å². The quantitative estimate of drug-likeness (QED) is 0.877. The van der Waals surface area contributed by atoms with Crippen molar-refractivity contribution < 1.29 is 14.3 Å². The van der Waals surface area contributed by atoms with Crippen molar-refractivity contribution in [2.75, 3.05) is 19.6 Å². The minimum absolute atomic E-state index is 0.173. The van der Waals surface area contributed by atoms with Crippen molar-refractivity contribution >= 4 is 6.09 Å². The van der Waals surface area contributed by atoms with Crippen molar-refractivity contribution in [2.24, 2.45) is 11.7 Å². The Morgan fingerprint density at radius 2 is 2.33 bits per heavy atom. The lowest BCUT2D eigenvalue weighted by Gasteiger charge is -2.36. The molecule has 116 valence electrons. The fourth-order valence-electron chi connectivity index (χ4n) is 3.26. The highest BCUT2D eigenvalue weighted by atomic mass is 19.1. The van der Waals surface area contributed by atoms with Crippen molar-refractivity contribution in [3.8, 4) is 0 Å². The van der Waals surface area contributed by atoms with E-state index >= 15 is 0 Å². The van der Waals surface area contributed by atoms with Crippen LogP contribution in [0.1, 0.15) is 37.2 Å². The van der Waals surface area contributed by atoms with E-state index < -0.39 is 6.09 Å². The Balaban J connectivity index is 2.17. The Hall–Kier alpha value is -1.62. The van der Waals surface area contributed by atoms with Gasteiger partial charge in [-0.2, -0.15) is 0 Å². The Morgan fingerprint density at radius 3 is 3.00 bits per heavy atom. The highest BCUT2D eigenvalue weighted by Crippen LogP contribution is 2.35. The predicted octanol–water partition coefficient (Wildman–Crippen LogP) is 3.04. The maximum Gasteiger partial charge on any atom is 0.407 e. The molecule has 0 radical (unpaired) electrons. The van der Waals surface area contributed by atoms with Gasteiger partial charge in [0.1, 0.15) is 5.82 Å². The second-order valence-electron chi connectivity index (χ2n) is 5.72. The molecule has 1 amide bonds. The zero-order valence-electron chi connectivity index (χ0n) is 12.2. The topological polar surface area (TPSA) is 66.6 Å². The van der Waals surface area contributed by atoms with E-state index in [2.05, 4.69) is 0 Å². The van der Waals surface area contributed by atoms with Crippen molar-refractivity contribution in [1.82, 2.24) is 4.90 Å². The second-order valence-corrected chi connectivity index (χ2v) is 5.72. The van der Waals surface area contributed by atoms with E-state index in [0.29, 0.717) is 19.6 Å². The number of carbonyl (C=O) groups is 1. The monoisotopic (exact) mass is 294 g/mol. The zero-order chi connectivity index (χ0) is 15.2. The summed E-state index contributed by atoms with van der Waals surface area (Å²) < 4.78 is 13.5. The van der Waals surface area contributed by atoms with Crippen LogP contribution in [-0.4, -0.2) is 35.7 Å². The van der Waals surface area contributed by atoms with Gasteiger partial charge in [0.05, 0.1) is 0 Å². The van der Waals surface area contributed by atoms with Gasteiger partial charge >= 0.3 is 6.09 Å². The molecule has 0 aliphatic carbocycles. The Bertz CT molecular complexity index is 481. The number of amides is 1. The summed E-state index contributed by atoms with van der Waals surface area (Å²) in [5.41, 5.74) is 6.57. The van der Waals surface area contributed by atoms with Gasteiger partial charge in [0.2, 0.25) is 0 Å². The summed E-state index contributed by atoms with van der Waals surface area (Å²) in [7, 11) is 0. The second kappa shape index (κ2) is 7.41. The lowest BCUT2D eigenvalue weighted by molar-refractivity contribution is 0.113. The summed E-state index contributed by atoms with van der Waals surface area (Å²) in [4.78, 5) is 12.6. The number of hydrogen-bond acceptors (Lipinski definition) is 2. The van der Waals surface area contributed by atoms with Crippen LogP contribution in [0.25, 0.3) is 0 Å². The minimum atomic E-state index is -0.864. The number of hydrogen-bond donors (Lipinski definition) is 2. The molecule has 1 aromatic carbocycles. The standard InChI is InChI=1S/C16H23FN2O2/c17-14-6-1-4-12(10-14)15(7-2-8-18)13-5-3-9-19(11-13)16(20)21/h1,4,6,10,13,15H,2-3,5,7-9,11,18H2,(H,20,21). The maximum absolute atomic E-state index is 13.5. The molecule has 5 heteroatoms.